The number of carbonyl (C=O) groups excluding carboxylic acids is 3. The Morgan fingerprint density at radius 2 is 1.79 bits per heavy atom. The van der Waals surface area contributed by atoms with Crippen LogP contribution in [0.3, 0.4) is 0 Å². The first kappa shape index (κ1) is 22.4. The van der Waals surface area contributed by atoms with E-state index in [1.807, 2.05) is 42.5 Å². The highest BCUT2D eigenvalue weighted by molar-refractivity contribution is 8.00. The number of thiazole rings is 1. The topological polar surface area (TPSA) is 96.5 Å². The second kappa shape index (κ2) is 9.08. The Labute approximate surface area is 203 Å². The van der Waals surface area contributed by atoms with Gasteiger partial charge in [-0.25, -0.2) is 9.69 Å². The number of hydrogen-bond acceptors (Lipinski definition) is 7. The Bertz CT molecular complexity index is 1340. The molecule has 1 N–H and O–H groups in total. The summed E-state index contributed by atoms with van der Waals surface area (Å²) in [7, 11) is 0. The maximum atomic E-state index is 13.6. The van der Waals surface area contributed by atoms with Crippen LogP contribution in [-0.2, 0) is 14.3 Å². The van der Waals surface area contributed by atoms with Gasteiger partial charge in [-0.1, -0.05) is 65.6 Å². The standard InChI is InChI=1S/C25H20N2O5S2/c1-2-32-24(30)15-9-11-16(12-10-15)27-22(28)18-17(13-8-14-6-4-3-5-7-14)19-21(26-25(31)34-19)33-20(18)23(27)29/h3-13,17-18,20H,2H2,1H3,(H,26,31)/b13-8+/t17-,18-,20-/m1/s1. The molecule has 9 heteroatoms. The fourth-order valence-corrected chi connectivity index (χ4v) is 6.75. The van der Waals surface area contributed by atoms with E-state index >= 15 is 0 Å². The van der Waals surface area contributed by atoms with Crippen molar-refractivity contribution in [2.24, 2.45) is 5.92 Å². The van der Waals surface area contributed by atoms with Crippen molar-refractivity contribution in [2.45, 2.75) is 23.1 Å². The number of ether oxygens (including phenoxy) is 1. The van der Waals surface area contributed by atoms with E-state index in [9.17, 15) is 19.2 Å². The normalized spacial score (nSPS) is 21.6. The Kier molecular flexibility index (Phi) is 5.97. The van der Waals surface area contributed by atoms with Gasteiger partial charge in [0.15, 0.2) is 0 Å². The number of amides is 2. The van der Waals surface area contributed by atoms with Crippen molar-refractivity contribution in [3.63, 3.8) is 0 Å². The number of esters is 1. The number of rotatable bonds is 5. The summed E-state index contributed by atoms with van der Waals surface area (Å²) in [5.41, 5.74) is 1.71. The van der Waals surface area contributed by atoms with Gasteiger partial charge in [-0.3, -0.25) is 14.4 Å². The van der Waals surface area contributed by atoms with Crippen molar-refractivity contribution < 1.29 is 19.1 Å². The molecule has 172 valence electrons. The van der Waals surface area contributed by atoms with Crippen LogP contribution < -0.4 is 9.77 Å². The zero-order chi connectivity index (χ0) is 23.8. The quantitative estimate of drug-likeness (QED) is 0.426. The average molecular weight is 493 g/mol. The number of aromatic amines is 1. The lowest BCUT2D eigenvalue weighted by molar-refractivity contribution is -0.122. The first-order valence-corrected chi connectivity index (χ1v) is 12.5. The zero-order valence-corrected chi connectivity index (χ0v) is 19.7. The molecular weight excluding hydrogens is 472 g/mol. The number of H-pyrrole nitrogens is 1. The van der Waals surface area contributed by atoms with E-state index in [0.29, 0.717) is 16.3 Å². The molecule has 1 fully saturated rings. The van der Waals surface area contributed by atoms with Gasteiger partial charge in [0.05, 0.1) is 28.8 Å². The van der Waals surface area contributed by atoms with Gasteiger partial charge in [0.2, 0.25) is 11.8 Å². The molecule has 7 nitrogen and oxygen atoms in total. The van der Waals surface area contributed by atoms with Gasteiger partial charge in [-0.05, 0) is 36.8 Å². The van der Waals surface area contributed by atoms with Crippen LogP contribution >= 0.6 is 23.1 Å². The van der Waals surface area contributed by atoms with Crippen LogP contribution in [0.25, 0.3) is 6.08 Å². The highest BCUT2D eigenvalue weighted by Gasteiger charge is 2.55. The molecular formula is C25H20N2O5S2. The number of imide groups is 1. The van der Waals surface area contributed by atoms with E-state index in [4.69, 9.17) is 4.74 Å². The number of fused-ring (bicyclic) bond motifs is 2. The molecule has 0 radical (unpaired) electrons. The smallest absolute Gasteiger partial charge is 0.338 e. The molecule has 5 rings (SSSR count). The van der Waals surface area contributed by atoms with Crippen molar-refractivity contribution in [3.05, 3.63) is 86.3 Å². The molecule has 2 aromatic carbocycles. The number of allylic oxidation sites excluding steroid dienone is 1. The van der Waals surface area contributed by atoms with Crippen LogP contribution in [0.4, 0.5) is 5.69 Å². The molecule has 2 amide bonds. The highest BCUT2D eigenvalue weighted by atomic mass is 32.2. The van der Waals surface area contributed by atoms with Crippen LogP contribution in [0.15, 0.2) is 70.5 Å². The summed E-state index contributed by atoms with van der Waals surface area (Å²) in [5, 5.41) is -0.0139. The van der Waals surface area contributed by atoms with Gasteiger partial charge in [-0.2, -0.15) is 0 Å². The monoisotopic (exact) mass is 492 g/mol. The molecule has 2 aliphatic heterocycles. The first-order chi connectivity index (χ1) is 16.5. The SMILES string of the molecule is CCOC(=O)c1ccc(N2C(=O)[C@H]3[C@@H](Sc4[nH]c(=O)sc4[C@@H]3/C=C/c3ccccc3)C2=O)cc1. The summed E-state index contributed by atoms with van der Waals surface area (Å²) in [6.45, 7) is 1.98. The zero-order valence-electron chi connectivity index (χ0n) is 18.1. The minimum Gasteiger partial charge on any atom is -0.462 e. The van der Waals surface area contributed by atoms with Gasteiger partial charge in [0, 0.05) is 10.8 Å². The number of thioether (sulfide) groups is 1. The fourth-order valence-electron chi connectivity index (χ4n) is 4.26. The minimum absolute atomic E-state index is 0.207. The predicted octanol–water partition coefficient (Wildman–Crippen LogP) is 4.07. The van der Waals surface area contributed by atoms with E-state index in [0.717, 1.165) is 21.8 Å². The number of benzene rings is 2. The van der Waals surface area contributed by atoms with Crippen LogP contribution in [0, 0.1) is 5.92 Å². The molecule has 34 heavy (non-hydrogen) atoms. The largest absolute Gasteiger partial charge is 0.462 e. The summed E-state index contributed by atoms with van der Waals surface area (Å²) < 4.78 is 5.00. The summed E-state index contributed by atoms with van der Waals surface area (Å²) in [4.78, 5) is 55.6. The molecule has 0 spiro atoms. The minimum atomic E-state index is -0.652. The van der Waals surface area contributed by atoms with Crippen molar-refractivity contribution in [2.75, 3.05) is 11.5 Å². The maximum absolute atomic E-state index is 13.6. The Hall–Kier alpha value is -3.43. The van der Waals surface area contributed by atoms with Gasteiger partial charge in [0.25, 0.3) is 0 Å². The molecule has 1 aromatic heterocycles. The fraction of sp³-hybridized carbons (Fsp3) is 0.200. The van der Waals surface area contributed by atoms with E-state index in [1.165, 1.54) is 16.7 Å². The van der Waals surface area contributed by atoms with Crippen LogP contribution in [-0.4, -0.2) is 34.6 Å². The third kappa shape index (κ3) is 3.91. The average Bonchev–Trinajstić information content (AvgIpc) is 3.34. The van der Waals surface area contributed by atoms with E-state index in [-0.39, 0.29) is 23.3 Å². The van der Waals surface area contributed by atoms with Crippen molar-refractivity contribution in [3.8, 4) is 0 Å². The molecule has 3 atom stereocenters. The molecule has 0 bridgehead atoms. The van der Waals surface area contributed by atoms with E-state index in [1.54, 1.807) is 31.2 Å². The lowest BCUT2D eigenvalue weighted by atomic mass is 9.88. The van der Waals surface area contributed by atoms with E-state index in [2.05, 4.69) is 4.98 Å². The summed E-state index contributed by atoms with van der Waals surface area (Å²) in [5.74, 6) is -2.16. The van der Waals surface area contributed by atoms with Gasteiger partial charge >= 0.3 is 10.8 Å². The van der Waals surface area contributed by atoms with Crippen LogP contribution in [0.5, 0.6) is 0 Å². The molecule has 3 heterocycles. The molecule has 3 aromatic rings. The lowest BCUT2D eigenvalue weighted by Gasteiger charge is -2.27. The summed E-state index contributed by atoms with van der Waals surface area (Å²) in [6.07, 6.45) is 3.83. The third-order valence-electron chi connectivity index (χ3n) is 5.80. The second-order valence-electron chi connectivity index (χ2n) is 7.85. The van der Waals surface area contributed by atoms with Crippen molar-refractivity contribution in [1.82, 2.24) is 4.98 Å². The van der Waals surface area contributed by atoms with Crippen molar-refractivity contribution >= 4 is 52.6 Å². The van der Waals surface area contributed by atoms with Gasteiger partial charge in [-0.15, -0.1) is 0 Å². The third-order valence-corrected chi connectivity index (χ3v) is 8.22. The van der Waals surface area contributed by atoms with E-state index < -0.39 is 23.1 Å². The number of nitrogens with zero attached hydrogens (tertiary/aromatic N) is 1. The van der Waals surface area contributed by atoms with Gasteiger partial charge in [0.1, 0.15) is 5.25 Å². The number of anilines is 1. The second-order valence-corrected chi connectivity index (χ2v) is 10.0. The molecule has 0 aliphatic carbocycles. The number of nitrogens with one attached hydrogen (secondary N) is 1. The molecule has 0 unspecified atom stereocenters. The lowest BCUT2D eigenvalue weighted by Crippen LogP contribution is -2.31. The first-order valence-electron chi connectivity index (χ1n) is 10.8. The van der Waals surface area contributed by atoms with Crippen LogP contribution in [0.2, 0.25) is 0 Å². The maximum Gasteiger partial charge on any atom is 0.338 e. The molecule has 2 aliphatic rings. The number of carbonyl (C=O) groups is 3. The Morgan fingerprint density at radius 1 is 1.06 bits per heavy atom. The number of aromatic nitrogens is 1. The van der Waals surface area contributed by atoms with Gasteiger partial charge < -0.3 is 9.72 Å². The summed E-state index contributed by atoms with van der Waals surface area (Å²) >= 11 is 2.31. The predicted molar refractivity (Wildman–Crippen MR) is 131 cm³/mol. The Morgan fingerprint density at radius 3 is 2.50 bits per heavy atom. The Balaban J connectivity index is 1.50. The van der Waals surface area contributed by atoms with Crippen LogP contribution in [0.1, 0.15) is 33.6 Å². The molecule has 1 saturated heterocycles. The highest BCUT2D eigenvalue weighted by Crippen LogP contribution is 2.51. The summed E-state index contributed by atoms with van der Waals surface area (Å²) in [6, 6.07) is 15.9. The number of hydrogen-bond donors (Lipinski definition) is 1. The molecule has 0 saturated carbocycles. The van der Waals surface area contributed by atoms with Crippen molar-refractivity contribution in [1.29, 1.82) is 0 Å².